The molecule has 1 fully saturated rings. The van der Waals surface area contributed by atoms with E-state index in [4.69, 9.17) is 10.5 Å². The van der Waals surface area contributed by atoms with E-state index in [2.05, 4.69) is 34.6 Å². The van der Waals surface area contributed by atoms with Crippen LogP contribution in [-0.4, -0.2) is 19.1 Å². The molecule has 1 saturated carbocycles. The number of hydrogen-bond acceptors (Lipinski definition) is 2. The van der Waals surface area contributed by atoms with Gasteiger partial charge in [0.1, 0.15) is 0 Å². The van der Waals surface area contributed by atoms with Gasteiger partial charge in [0, 0.05) is 13.2 Å². The number of nitrogens with one attached hydrogen (secondary N) is 1. The Morgan fingerprint density at radius 2 is 1.76 bits per heavy atom. The Morgan fingerprint density at radius 3 is 2.38 bits per heavy atom. The van der Waals surface area contributed by atoms with Crippen LogP contribution < -0.4 is 11.1 Å². The second kappa shape index (κ2) is 8.67. The van der Waals surface area contributed by atoms with E-state index in [1.54, 1.807) is 7.11 Å². The molecule has 0 aliphatic heterocycles. The quantitative estimate of drug-likeness (QED) is 0.498. The van der Waals surface area contributed by atoms with E-state index in [9.17, 15) is 0 Å². The van der Waals surface area contributed by atoms with Gasteiger partial charge in [-0.15, -0.1) is 0 Å². The number of guanidine groups is 1. The normalized spacial score (nSPS) is 17.5. The lowest BCUT2D eigenvalue weighted by molar-refractivity contribution is 0.185. The van der Waals surface area contributed by atoms with Crippen molar-refractivity contribution >= 4 is 5.96 Å². The zero-order chi connectivity index (χ0) is 14.9. The van der Waals surface area contributed by atoms with Crippen molar-refractivity contribution in [3.63, 3.8) is 0 Å². The van der Waals surface area contributed by atoms with Gasteiger partial charge in [0.25, 0.3) is 0 Å². The maximum atomic E-state index is 6.00. The average molecular weight is 289 g/mol. The van der Waals surface area contributed by atoms with Crippen LogP contribution >= 0.6 is 0 Å². The fourth-order valence-electron chi connectivity index (χ4n) is 2.76. The Morgan fingerprint density at radius 1 is 1.14 bits per heavy atom. The predicted molar refractivity (Wildman–Crippen MR) is 87.1 cm³/mol. The summed E-state index contributed by atoms with van der Waals surface area (Å²) in [5.41, 5.74) is 8.34. The van der Waals surface area contributed by atoms with Crippen LogP contribution in [0, 0.1) is 0 Å². The minimum Gasteiger partial charge on any atom is -0.380 e. The molecule has 0 atom stereocenters. The van der Waals surface area contributed by atoms with Gasteiger partial charge >= 0.3 is 0 Å². The summed E-state index contributed by atoms with van der Waals surface area (Å²) in [6.07, 6.45) is 7.72. The Hall–Kier alpha value is -1.55. The van der Waals surface area contributed by atoms with Crippen LogP contribution in [0.3, 0.4) is 0 Å². The van der Waals surface area contributed by atoms with Crippen LogP contribution in [0.1, 0.15) is 49.7 Å². The molecule has 21 heavy (non-hydrogen) atoms. The van der Waals surface area contributed by atoms with E-state index >= 15 is 0 Å². The van der Waals surface area contributed by atoms with Gasteiger partial charge in [-0.3, -0.25) is 0 Å². The highest BCUT2D eigenvalue weighted by atomic mass is 16.5. The van der Waals surface area contributed by atoms with Crippen LogP contribution in [0.15, 0.2) is 29.3 Å². The summed E-state index contributed by atoms with van der Waals surface area (Å²) in [6, 6.07) is 8.81. The predicted octanol–water partition coefficient (Wildman–Crippen LogP) is 2.96. The smallest absolute Gasteiger partial charge is 0.189 e. The van der Waals surface area contributed by atoms with Crippen molar-refractivity contribution in [2.75, 3.05) is 7.11 Å². The van der Waals surface area contributed by atoms with Gasteiger partial charge < -0.3 is 15.8 Å². The molecule has 1 aliphatic rings. The number of rotatable bonds is 5. The second-order valence-electron chi connectivity index (χ2n) is 5.78. The number of ether oxygens (including phenoxy) is 1. The molecule has 4 heteroatoms. The molecule has 1 aromatic rings. The maximum absolute atomic E-state index is 6.00. The third-order valence-electron chi connectivity index (χ3n) is 3.97. The van der Waals surface area contributed by atoms with Crippen LogP contribution in [0.5, 0.6) is 0 Å². The number of nitrogens with two attached hydrogens (primary N) is 1. The first-order chi connectivity index (χ1) is 10.3. The summed E-state index contributed by atoms with van der Waals surface area (Å²) in [6.45, 7) is 1.27. The maximum Gasteiger partial charge on any atom is 0.189 e. The SMILES string of the molecule is COCc1ccc(CN=C(N)NC2CCCCCC2)cc1. The van der Waals surface area contributed by atoms with Crippen LogP contribution in [0.2, 0.25) is 0 Å². The first-order valence-corrected chi connectivity index (χ1v) is 7.91. The highest BCUT2D eigenvalue weighted by Crippen LogP contribution is 2.17. The molecule has 1 aromatic carbocycles. The van der Waals surface area contributed by atoms with E-state index in [0.717, 1.165) is 0 Å². The molecule has 0 bridgehead atoms. The molecule has 3 N–H and O–H groups in total. The van der Waals surface area contributed by atoms with Crippen LogP contribution in [0.25, 0.3) is 0 Å². The number of aliphatic imine (C=N–C) groups is 1. The first kappa shape index (κ1) is 15.8. The molecule has 1 aliphatic carbocycles. The highest BCUT2D eigenvalue weighted by Gasteiger charge is 2.12. The number of nitrogens with zero attached hydrogens (tertiary/aromatic N) is 1. The third-order valence-corrected chi connectivity index (χ3v) is 3.97. The molecule has 116 valence electrons. The van der Waals surface area contributed by atoms with Gasteiger partial charge in [-0.25, -0.2) is 4.99 Å². The van der Waals surface area contributed by atoms with Gasteiger partial charge in [0.05, 0.1) is 13.2 Å². The lowest BCUT2D eigenvalue weighted by Gasteiger charge is -2.16. The van der Waals surface area contributed by atoms with Crippen molar-refractivity contribution in [1.82, 2.24) is 5.32 Å². The molecule has 0 spiro atoms. The van der Waals surface area contributed by atoms with Gasteiger partial charge in [0.2, 0.25) is 0 Å². The van der Waals surface area contributed by atoms with Gasteiger partial charge in [0.15, 0.2) is 5.96 Å². The van der Waals surface area contributed by atoms with Crippen molar-refractivity contribution < 1.29 is 4.74 Å². The molecule has 0 unspecified atom stereocenters. The molecule has 4 nitrogen and oxygen atoms in total. The van der Waals surface area contributed by atoms with Crippen LogP contribution in [0.4, 0.5) is 0 Å². The van der Waals surface area contributed by atoms with Crippen molar-refractivity contribution in [1.29, 1.82) is 0 Å². The second-order valence-corrected chi connectivity index (χ2v) is 5.78. The number of hydrogen-bond donors (Lipinski definition) is 2. The summed E-state index contributed by atoms with van der Waals surface area (Å²) in [5.74, 6) is 0.572. The average Bonchev–Trinajstić information content (AvgIpc) is 2.75. The number of methoxy groups -OCH3 is 1. The Kier molecular flexibility index (Phi) is 6.54. The van der Waals surface area contributed by atoms with Crippen LogP contribution in [-0.2, 0) is 17.9 Å². The van der Waals surface area contributed by atoms with Crippen molar-refractivity contribution in [3.8, 4) is 0 Å². The Balaban J connectivity index is 1.81. The molecule has 0 radical (unpaired) electrons. The summed E-state index contributed by atoms with van der Waals surface area (Å²) >= 11 is 0. The van der Waals surface area contributed by atoms with Crippen molar-refractivity contribution in [2.24, 2.45) is 10.7 Å². The fraction of sp³-hybridized carbons (Fsp3) is 0.588. The van der Waals surface area contributed by atoms with Crippen molar-refractivity contribution in [3.05, 3.63) is 35.4 Å². The summed E-state index contributed by atoms with van der Waals surface area (Å²) in [5, 5.41) is 3.37. The lowest BCUT2D eigenvalue weighted by atomic mass is 10.1. The lowest BCUT2D eigenvalue weighted by Crippen LogP contribution is -2.39. The molecular formula is C17H27N3O. The first-order valence-electron chi connectivity index (χ1n) is 7.91. The fourth-order valence-corrected chi connectivity index (χ4v) is 2.76. The highest BCUT2D eigenvalue weighted by molar-refractivity contribution is 5.78. The summed E-state index contributed by atoms with van der Waals surface area (Å²) in [4.78, 5) is 4.45. The summed E-state index contributed by atoms with van der Waals surface area (Å²) < 4.78 is 5.10. The van der Waals surface area contributed by atoms with E-state index in [1.165, 1.54) is 49.7 Å². The van der Waals surface area contributed by atoms with E-state index < -0.39 is 0 Å². The van der Waals surface area contributed by atoms with E-state index in [1.807, 2.05) is 0 Å². The largest absolute Gasteiger partial charge is 0.380 e. The summed E-state index contributed by atoms with van der Waals surface area (Å²) in [7, 11) is 1.71. The Labute approximate surface area is 127 Å². The topological polar surface area (TPSA) is 59.6 Å². The zero-order valence-electron chi connectivity index (χ0n) is 13.0. The van der Waals surface area contributed by atoms with Gasteiger partial charge in [-0.2, -0.15) is 0 Å². The molecule has 2 rings (SSSR count). The standard InChI is InChI=1S/C17H27N3O/c1-21-13-15-10-8-14(9-11-15)12-19-17(18)20-16-6-4-2-3-5-7-16/h8-11,16H,2-7,12-13H2,1H3,(H3,18,19,20). The molecule has 0 amide bonds. The van der Waals surface area contributed by atoms with Gasteiger partial charge in [-0.1, -0.05) is 49.9 Å². The minimum atomic E-state index is 0.500. The van der Waals surface area contributed by atoms with E-state index in [-0.39, 0.29) is 0 Å². The van der Waals surface area contributed by atoms with E-state index in [0.29, 0.717) is 25.2 Å². The molecular weight excluding hydrogens is 262 g/mol. The Bertz CT molecular complexity index is 434. The minimum absolute atomic E-state index is 0.500. The molecule has 0 saturated heterocycles. The van der Waals surface area contributed by atoms with Gasteiger partial charge in [-0.05, 0) is 24.0 Å². The zero-order valence-corrected chi connectivity index (χ0v) is 13.0. The molecule has 0 heterocycles. The third kappa shape index (κ3) is 5.76. The molecule has 0 aromatic heterocycles. The van der Waals surface area contributed by atoms with Crippen molar-refractivity contribution in [2.45, 2.75) is 57.7 Å². The monoisotopic (exact) mass is 289 g/mol. The number of benzene rings is 1.